The van der Waals surface area contributed by atoms with Gasteiger partial charge in [-0.3, -0.25) is 0 Å². The van der Waals surface area contributed by atoms with E-state index < -0.39 is 6.10 Å². The van der Waals surface area contributed by atoms with Crippen molar-refractivity contribution in [3.8, 4) is 11.5 Å². The van der Waals surface area contributed by atoms with E-state index in [2.05, 4.69) is 46.9 Å². The standard InChI is InChI=1S/C20H35NO3/c1-9-21-12-14(22)13-24-18-16(19(2,3)4)10-15(23-8)11-17(18)20(5,6)7/h10-11,14,21-22H,9,12-13H2,1-8H3. The van der Waals surface area contributed by atoms with Gasteiger partial charge in [0.25, 0.3) is 0 Å². The van der Waals surface area contributed by atoms with Gasteiger partial charge in [0.2, 0.25) is 0 Å². The number of benzene rings is 1. The quantitative estimate of drug-likeness (QED) is 0.797. The van der Waals surface area contributed by atoms with Gasteiger partial charge in [-0.05, 0) is 29.5 Å². The SMILES string of the molecule is CCNCC(O)COc1c(C(C)(C)C)cc(OC)cc1C(C)(C)C. The highest BCUT2D eigenvalue weighted by atomic mass is 16.5. The zero-order valence-electron chi connectivity index (χ0n) is 16.6. The Balaban J connectivity index is 3.27. The summed E-state index contributed by atoms with van der Waals surface area (Å²) in [6, 6.07) is 4.09. The van der Waals surface area contributed by atoms with Crippen molar-refractivity contribution in [3.05, 3.63) is 23.3 Å². The van der Waals surface area contributed by atoms with Crippen LogP contribution in [0.25, 0.3) is 0 Å². The minimum atomic E-state index is -0.535. The van der Waals surface area contributed by atoms with Crippen molar-refractivity contribution in [1.29, 1.82) is 0 Å². The van der Waals surface area contributed by atoms with Crippen molar-refractivity contribution in [1.82, 2.24) is 5.32 Å². The summed E-state index contributed by atoms with van der Waals surface area (Å²) < 4.78 is 11.6. The second-order valence-corrected chi connectivity index (χ2v) is 8.32. The van der Waals surface area contributed by atoms with Crippen molar-refractivity contribution in [2.75, 3.05) is 26.8 Å². The van der Waals surface area contributed by atoms with Gasteiger partial charge in [-0.15, -0.1) is 0 Å². The normalized spacial score (nSPS) is 13.7. The van der Waals surface area contributed by atoms with Gasteiger partial charge in [-0.2, -0.15) is 0 Å². The number of hydrogen-bond acceptors (Lipinski definition) is 4. The Labute approximate surface area is 147 Å². The summed E-state index contributed by atoms with van der Waals surface area (Å²) in [6.07, 6.45) is -0.535. The van der Waals surface area contributed by atoms with Crippen LogP contribution in [0.1, 0.15) is 59.6 Å². The van der Waals surface area contributed by atoms with E-state index in [0.717, 1.165) is 29.2 Å². The van der Waals surface area contributed by atoms with Crippen molar-refractivity contribution < 1.29 is 14.6 Å². The average molecular weight is 338 g/mol. The highest BCUT2D eigenvalue weighted by molar-refractivity contribution is 5.52. The summed E-state index contributed by atoms with van der Waals surface area (Å²) in [7, 11) is 1.69. The lowest BCUT2D eigenvalue weighted by Crippen LogP contribution is -2.32. The molecule has 0 aliphatic carbocycles. The molecule has 0 aliphatic heterocycles. The minimum absolute atomic E-state index is 0.0868. The van der Waals surface area contributed by atoms with Gasteiger partial charge in [-0.1, -0.05) is 48.5 Å². The Morgan fingerprint density at radius 1 is 1.04 bits per heavy atom. The van der Waals surface area contributed by atoms with Crippen LogP contribution in [0.15, 0.2) is 12.1 Å². The van der Waals surface area contributed by atoms with E-state index in [0.29, 0.717) is 6.54 Å². The molecule has 0 saturated heterocycles. The lowest BCUT2D eigenvalue weighted by Gasteiger charge is -2.30. The minimum Gasteiger partial charge on any atom is -0.497 e. The first-order chi connectivity index (χ1) is 11.0. The topological polar surface area (TPSA) is 50.7 Å². The molecule has 0 bridgehead atoms. The first-order valence-corrected chi connectivity index (χ1v) is 8.75. The monoisotopic (exact) mass is 337 g/mol. The highest BCUT2D eigenvalue weighted by Crippen LogP contribution is 2.42. The number of likely N-dealkylation sites (N-methyl/N-ethyl adjacent to an activating group) is 1. The van der Waals surface area contributed by atoms with Crippen molar-refractivity contribution >= 4 is 0 Å². The average Bonchev–Trinajstić information content (AvgIpc) is 2.48. The molecule has 4 nitrogen and oxygen atoms in total. The van der Waals surface area contributed by atoms with E-state index in [-0.39, 0.29) is 17.4 Å². The third kappa shape index (κ3) is 5.67. The Morgan fingerprint density at radius 3 is 1.92 bits per heavy atom. The van der Waals surface area contributed by atoms with E-state index in [4.69, 9.17) is 9.47 Å². The predicted octanol–water partition coefficient (Wildman–Crippen LogP) is 3.64. The molecule has 0 aromatic heterocycles. The van der Waals surface area contributed by atoms with Gasteiger partial charge in [0.15, 0.2) is 0 Å². The Kier molecular flexibility index (Phi) is 7.11. The third-order valence-corrected chi connectivity index (χ3v) is 3.96. The lowest BCUT2D eigenvalue weighted by molar-refractivity contribution is 0.104. The summed E-state index contributed by atoms with van der Waals surface area (Å²) in [6.45, 7) is 16.6. The number of aliphatic hydroxyl groups is 1. The van der Waals surface area contributed by atoms with Gasteiger partial charge in [0.1, 0.15) is 24.2 Å². The van der Waals surface area contributed by atoms with Crippen LogP contribution in [-0.2, 0) is 10.8 Å². The molecule has 138 valence electrons. The molecule has 0 saturated carbocycles. The fraction of sp³-hybridized carbons (Fsp3) is 0.700. The van der Waals surface area contributed by atoms with Crippen LogP contribution in [0.3, 0.4) is 0 Å². The smallest absolute Gasteiger partial charge is 0.127 e. The molecule has 4 heteroatoms. The maximum absolute atomic E-state index is 10.1. The fourth-order valence-corrected chi connectivity index (χ4v) is 2.54. The molecule has 1 unspecified atom stereocenters. The van der Waals surface area contributed by atoms with Gasteiger partial charge in [0, 0.05) is 17.7 Å². The van der Waals surface area contributed by atoms with E-state index in [1.165, 1.54) is 0 Å². The predicted molar refractivity (Wildman–Crippen MR) is 100 cm³/mol. The largest absolute Gasteiger partial charge is 0.497 e. The van der Waals surface area contributed by atoms with E-state index in [1.54, 1.807) is 7.11 Å². The van der Waals surface area contributed by atoms with Crippen LogP contribution in [0, 0.1) is 0 Å². The number of rotatable bonds is 7. The van der Waals surface area contributed by atoms with Gasteiger partial charge >= 0.3 is 0 Å². The van der Waals surface area contributed by atoms with Crippen molar-refractivity contribution in [2.45, 2.75) is 65.4 Å². The molecule has 24 heavy (non-hydrogen) atoms. The Hall–Kier alpha value is -1.26. The number of ether oxygens (including phenoxy) is 2. The molecule has 1 atom stereocenters. The van der Waals surface area contributed by atoms with Gasteiger partial charge in [-0.25, -0.2) is 0 Å². The maximum Gasteiger partial charge on any atom is 0.127 e. The summed E-state index contributed by atoms with van der Waals surface area (Å²) in [5.41, 5.74) is 2.03. The lowest BCUT2D eigenvalue weighted by atomic mass is 9.79. The van der Waals surface area contributed by atoms with E-state index in [1.807, 2.05) is 19.1 Å². The van der Waals surface area contributed by atoms with Gasteiger partial charge < -0.3 is 19.9 Å². The second kappa shape index (κ2) is 8.21. The van der Waals surface area contributed by atoms with Crippen molar-refractivity contribution in [3.63, 3.8) is 0 Å². The Morgan fingerprint density at radius 2 is 1.54 bits per heavy atom. The summed E-state index contributed by atoms with van der Waals surface area (Å²) >= 11 is 0. The Bertz CT molecular complexity index is 492. The molecule has 0 heterocycles. The zero-order chi connectivity index (χ0) is 18.5. The number of methoxy groups -OCH3 is 1. The number of nitrogens with one attached hydrogen (secondary N) is 1. The van der Waals surface area contributed by atoms with Crippen LogP contribution < -0.4 is 14.8 Å². The van der Waals surface area contributed by atoms with Crippen LogP contribution in [0.5, 0.6) is 11.5 Å². The van der Waals surface area contributed by atoms with E-state index >= 15 is 0 Å². The number of hydrogen-bond donors (Lipinski definition) is 2. The second-order valence-electron chi connectivity index (χ2n) is 8.32. The summed E-state index contributed by atoms with van der Waals surface area (Å²) in [4.78, 5) is 0. The molecule has 0 spiro atoms. The number of aliphatic hydroxyl groups excluding tert-OH is 1. The molecular weight excluding hydrogens is 302 g/mol. The molecular formula is C20H35NO3. The van der Waals surface area contributed by atoms with E-state index in [9.17, 15) is 5.11 Å². The molecule has 0 radical (unpaired) electrons. The molecule has 1 rings (SSSR count). The van der Waals surface area contributed by atoms with Crippen LogP contribution in [0.2, 0.25) is 0 Å². The first kappa shape index (κ1) is 20.8. The van der Waals surface area contributed by atoms with Gasteiger partial charge in [0.05, 0.1) is 7.11 Å². The molecule has 2 N–H and O–H groups in total. The molecule has 1 aromatic carbocycles. The first-order valence-electron chi connectivity index (χ1n) is 8.75. The van der Waals surface area contributed by atoms with Crippen molar-refractivity contribution in [2.24, 2.45) is 0 Å². The highest BCUT2D eigenvalue weighted by Gasteiger charge is 2.28. The molecule has 1 aromatic rings. The maximum atomic E-state index is 10.1. The molecule has 0 amide bonds. The van der Waals surface area contributed by atoms with Crippen LogP contribution >= 0.6 is 0 Å². The molecule has 0 fully saturated rings. The summed E-state index contributed by atoms with van der Waals surface area (Å²) in [5, 5.41) is 13.3. The fourth-order valence-electron chi connectivity index (χ4n) is 2.54. The summed E-state index contributed by atoms with van der Waals surface area (Å²) in [5.74, 6) is 1.71. The third-order valence-electron chi connectivity index (χ3n) is 3.96. The van der Waals surface area contributed by atoms with Crippen LogP contribution in [0.4, 0.5) is 0 Å². The molecule has 0 aliphatic rings. The van der Waals surface area contributed by atoms with Crippen LogP contribution in [-0.4, -0.2) is 38.0 Å². The zero-order valence-corrected chi connectivity index (χ0v) is 16.6.